The molecule has 0 aliphatic rings. The molecule has 0 fully saturated rings. The van der Waals surface area contributed by atoms with Gasteiger partial charge >= 0.3 is 5.97 Å². The summed E-state index contributed by atoms with van der Waals surface area (Å²) in [4.78, 5) is 10.2. The molecule has 0 bridgehead atoms. The molecule has 0 heterocycles. The van der Waals surface area contributed by atoms with E-state index in [-0.39, 0.29) is 5.56 Å². The number of hydrogen-bond donors (Lipinski definition) is 1. The second kappa shape index (κ2) is 2.57. The fraction of sp³-hybridized carbons (Fsp3) is 0. The fourth-order valence-electron chi connectivity index (χ4n) is 0.636. The number of rotatable bonds is 1. The van der Waals surface area contributed by atoms with Gasteiger partial charge in [-0.2, -0.15) is 0 Å². The van der Waals surface area contributed by atoms with E-state index in [2.05, 4.69) is 0 Å². The van der Waals surface area contributed by atoms with Gasteiger partial charge < -0.3 is 10.2 Å². The van der Waals surface area contributed by atoms with Gasteiger partial charge in [0.15, 0.2) is 0 Å². The van der Waals surface area contributed by atoms with E-state index in [4.69, 9.17) is 5.11 Å². The molecule has 0 spiro atoms. The predicted molar refractivity (Wildman–Crippen MR) is 32.8 cm³/mol. The maximum absolute atomic E-state index is 12.3. The Bertz CT molecular complexity index is 296. The van der Waals surface area contributed by atoms with Crippen molar-refractivity contribution in [1.29, 1.82) is 0 Å². The summed E-state index contributed by atoms with van der Waals surface area (Å²) in [5.41, 5.74) is -0.198. The van der Waals surface area contributed by atoms with Crippen LogP contribution < -0.4 is 5.11 Å². The van der Waals surface area contributed by atoms with Crippen molar-refractivity contribution in [3.8, 4) is 5.75 Å². The highest BCUT2D eigenvalue weighted by molar-refractivity contribution is 5.87. The summed E-state index contributed by atoms with van der Waals surface area (Å²) in [5, 5.41) is 18.8. The summed E-state index contributed by atoms with van der Waals surface area (Å²) in [6.07, 6.45) is 0. The maximum atomic E-state index is 12.3. The lowest BCUT2D eigenvalue weighted by atomic mass is 10.2. The number of aromatic carboxylic acids is 1. The van der Waals surface area contributed by atoms with Gasteiger partial charge in [-0.05, 0) is 12.1 Å². The molecule has 0 unspecified atom stereocenters. The standard InChI is InChI=1S/C7H5FO3/c8-5-2-1-4(7(10)11)3-6(5)9/h1-3,9H,(H,10,11)/p-1. The number of halogens is 1. The molecule has 4 heteroatoms. The Morgan fingerprint density at radius 2 is 2.18 bits per heavy atom. The molecule has 0 atom stereocenters. The van der Waals surface area contributed by atoms with E-state index in [1.165, 1.54) is 0 Å². The van der Waals surface area contributed by atoms with E-state index in [9.17, 15) is 14.3 Å². The molecule has 1 N–H and O–H groups in total. The van der Waals surface area contributed by atoms with Crippen molar-refractivity contribution >= 4 is 5.97 Å². The molecule has 0 aromatic heterocycles. The van der Waals surface area contributed by atoms with E-state index >= 15 is 0 Å². The largest absolute Gasteiger partial charge is 0.870 e. The second-order valence-electron chi connectivity index (χ2n) is 1.95. The van der Waals surface area contributed by atoms with Crippen molar-refractivity contribution in [3.63, 3.8) is 0 Å². The van der Waals surface area contributed by atoms with Crippen molar-refractivity contribution in [2.45, 2.75) is 0 Å². The molecular weight excluding hydrogens is 151 g/mol. The first-order chi connectivity index (χ1) is 5.11. The number of carboxylic acids is 1. The average Bonchev–Trinajstić information content (AvgIpc) is 1.94. The monoisotopic (exact) mass is 155 g/mol. The van der Waals surface area contributed by atoms with E-state index in [0.29, 0.717) is 0 Å². The molecule has 3 nitrogen and oxygen atoms in total. The predicted octanol–water partition coefficient (Wildman–Crippen LogP) is 0.597. The lowest BCUT2D eigenvalue weighted by molar-refractivity contribution is -0.272. The van der Waals surface area contributed by atoms with Crippen LogP contribution in [0.15, 0.2) is 18.2 Å². The smallest absolute Gasteiger partial charge is 0.335 e. The number of hydrogen-bond acceptors (Lipinski definition) is 2. The minimum Gasteiger partial charge on any atom is -0.870 e. The third-order valence-electron chi connectivity index (χ3n) is 1.18. The Balaban J connectivity index is 3.15. The first-order valence-electron chi connectivity index (χ1n) is 2.81. The fourth-order valence-corrected chi connectivity index (χ4v) is 0.636. The zero-order valence-electron chi connectivity index (χ0n) is 5.37. The molecule has 1 rings (SSSR count). The Labute approximate surface area is 61.7 Å². The van der Waals surface area contributed by atoms with Crippen LogP contribution in [0.25, 0.3) is 0 Å². The van der Waals surface area contributed by atoms with Crippen molar-refractivity contribution in [2.24, 2.45) is 0 Å². The van der Waals surface area contributed by atoms with Gasteiger partial charge in [-0.3, -0.25) is 0 Å². The molecule has 0 amide bonds. The van der Waals surface area contributed by atoms with Crippen LogP contribution in [0.4, 0.5) is 4.39 Å². The quantitative estimate of drug-likeness (QED) is 0.645. The van der Waals surface area contributed by atoms with Crippen LogP contribution >= 0.6 is 0 Å². The van der Waals surface area contributed by atoms with E-state index in [1.807, 2.05) is 0 Å². The normalized spacial score (nSPS) is 9.55. The van der Waals surface area contributed by atoms with Gasteiger partial charge in [0.05, 0.1) is 5.56 Å². The molecule has 11 heavy (non-hydrogen) atoms. The Morgan fingerprint density at radius 1 is 1.55 bits per heavy atom. The van der Waals surface area contributed by atoms with E-state index < -0.39 is 17.5 Å². The van der Waals surface area contributed by atoms with Crippen molar-refractivity contribution in [2.75, 3.05) is 0 Å². The van der Waals surface area contributed by atoms with Crippen LogP contribution in [-0.4, -0.2) is 11.1 Å². The highest BCUT2D eigenvalue weighted by Gasteiger charge is 2.01. The third kappa shape index (κ3) is 1.46. The minimum atomic E-state index is -1.23. The lowest BCUT2D eigenvalue weighted by Gasteiger charge is -2.06. The average molecular weight is 155 g/mol. The minimum absolute atomic E-state index is 0.198. The molecule has 0 aliphatic carbocycles. The summed E-state index contributed by atoms with van der Waals surface area (Å²) in [6, 6.07) is 2.63. The molecule has 0 aliphatic heterocycles. The maximum Gasteiger partial charge on any atom is 0.335 e. The van der Waals surface area contributed by atoms with Crippen LogP contribution in [0.2, 0.25) is 0 Å². The van der Waals surface area contributed by atoms with Crippen molar-refractivity contribution < 1.29 is 19.4 Å². The summed E-state index contributed by atoms with van der Waals surface area (Å²) >= 11 is 0. The Morgan fingerprint density at radius 3 is 2.64 bits per heavy atom. The van der Waals surface area contributed by atoms with Gasteiger partial charge in [0.25, 0.3) is 0 Å². The van der Waals surface area contributed by atoms with Crippen molar-refractivity contribution in [1.82, 2.24) is 0 Å². The number of carboxylic acid groups (broad SMARTS) is 1. The molecular formula is C7H4FO3-. The van der Waals surface area contributed by atoms with Gasteiger partial charge in [0.2, 0.25) is 0 Å². The van der Waals surface area contributed by atoms with E-state index in [1.54, 1.807) is 0 Å². The first kappa shape index (κ1) is 7.53. The van der Waals surface area contributed by atoms with Crippen LogP contribution in [0.3, 0.4) is 0 Å². The van der Waals surface area contributed by atoms with Crippen LogP contribution in [0, 0.1) is 5.82 Å². The molecule has 58 valence electrons. The lowest BCUT2D eigenvalue weighted by Crippen LogP contribution is -2.00. The summed E-state index contributed by atoms with van der Waals surface area (Å²) in [6.45, 7) is 0. The van der Waals surface area contributed by atoms with Gasteiger partial charge in [-0.25, -0.2) is 9.18 Å². The third-order valence-corrected chi connectivity index (χ3v) is 1.18. The molecule has 0 saturated carbocycles. The highest BCUT2D eigenvalue weighted by Crippen LogP contribution is 2.13. The Kier molecular flexibility index (Phi) is 1.76. The van der Waals surface area contributed by atoms with Crippen molar-refractivity contribution in [3.05, 3.63) is 29.6 Å². The first-order valence-corrected chi connectivity index (χ1v) is 2.81. The molecule has 0 radical (unpaired) electrons. The molecule has 1 aromatic rings. The number of carbonyl (C=O) groups is 1. The van der Waals surface area contributed by atoms with Gasteiger partial charge in [-0.1, -0.05) is 11.8 Å². The zero-order chi connectivity index (χ0) is 8.43. The molecule has 0 saturated heterocycles. The summed E-state index contributed by atoms with van der Waals surface area (Å²) in [7, 11) is 0. The summed E-state index contributed by atoms with van der Waals surface area (Å²) < 4.78 is 12.3. The summed E-state index contributed by atoms with van der Waals surface area (Å²) in [5.74, 6) is -3.07. The topological polar surface area (TPSA) is 60.4 Å². The van der Waals surface area contributed by atoms with Gasteiger partial charge in [-0.15, -0.1) is 0 Å². The van der Waals surface area contributed by atoms with Crippen LogP contribution in [-0.2, 0) is 0 Å². The second-order valence-corrected chi connectivity index (χ2v) is 1.95. The van der Waals surface area contributed by atoms with E-state index in [0.717, 1.165) is 18.2 Å². The Hall–Kier alpha value is -1.58. The van der Waals surface area contributed by atoms with Crippen LogP contribution in [0.5, 0.6) is 5.75 Å². The highest BCUT2D eigenvalue weighted by atomic mass is 19.1. The van der Waals surface area contributed by atoms with Gasteiger partial charge in [0.1, 0.15) is 5.82 Å². The van der Waals surface area contributed by atoms with Gasteiger partial charge in [0, 0.05) is 0 Å². The van der Waals surface area contributed by atoms with Crippen LogP contribution in [0.1, 0.15) is 10.4 Å². The zero-order valence-corrected chi connectivity index (χ0v) is 5.37. The SMILES string of the molecule is O=C(O)c1ccc(F)c([O-])c1. The molecule has 1 aromatic carbocycles. The number of benzene rings is 1.